The highest BCUT2D eigenvalue weighted by Crippen LogP contribution is 2.32. The first kappa shape index (κ1) is 14.8. The third-order valence-electron chi connectivity index (χ3n) is 3.24. The molecule has 0 unspecified atom stereocenters. The minimum atomic E-state index is -1.24. The van der Waals surface area contributed by atoms with Crippen LogP contribution < -0.4 is 5.32 Å². The van der Waals surface area contributed by atoms with Gasteiger partial charge in [0.05, 0.1) is 11.3 Å². The molecule has 0 bridgehead atoms. The van der Waals surface area contributed by atoms with E-state index in [9.17, 15) is 14.3 Å². The van der Waals surface area contributed by atoms with E-state index >= 15 is 0 Å². The first-order valence-electron chi connectivity index (χ1n) is 6.29. The lowest BCUT2D eigenvalue weighted by atomic mass is 10.1. The molecule has 22 heavy (non-hydrogen) atoms. The van der Waals surface area contributed by atoms with Gasteiger partial charge in [0.15, 0.2) is 17.8 Å². The number of carboxylic acid groups (broad SMARTS) is 1. The molecule has 0 aliphatic heterocycles. The number of aromatic nitrogens is 1. The van der Waals surface area contributed by atoms with Gasteiger partial charge in [-0.05, 0) is 59.3 Å². The van der Waals surface area contributed by atoms with Crippen LogP contribution in [0.4, 0.5) is 15.8 Å². The molecule has 2 aromatic carbocycles. The Labute approximate surface area is 138 Å². The number of rotatable bonds is 3. The Morgan fingerprint density at radius 3 is 2.86 bits per heavy atom. The zero-order valence-corrected chi connectivity index (χ0v) is 13.5. The first-order chi connectivity index (χ1) is 10.5. The molecule has 1 heterocycles. The quantitative estimate of drug-likeness (QED) is 0.627. The Hall–Kier alpha value is -2.16. The van der Waals surface area contributed by atoms with E-state index < -0.39 is 11.8 Å². The summed E-state index contributed by atoms with van der Waals surface area (Å²) >= 11 is 2.17. The lowest BCUT2D eigenvalue weighted by Crippen LogP contribution is -2.06. The molecule has 0 saturated heterocycles. The highest BCUT2D eigenvalue weighted by molar-refractivity contribution is 14.1. The van der Waals surface area contributed by atoms with Crippen molar-refractivity contribution in [2.75, 3.05) is 5.32 Å². The average molecular weight is 412 g/mol. The Balaban J connectivity index is 2.18. The van der Waals surface area contributed by atoms with Crippen LogP contribution in [0, 0.1) is 16.3 Å². The van der Waals surface area contributed by atoms with Gasteiger partial charge >= 0.3 is 5.97 Å². The molecule has 0 aliphatic rings. The van der Waals surface area contributed by atoms with Crippen LogP contribution in [0.15, 0.2) is 35.1 Å². The number of aryl methyl sites for hydroxylation is 1. The Morgan fingerprint density at radius 1 is 1.41 bits per heavy atom. The van der Waals surface area contributed by atoms with E-state index in [0.29, 0.717) is 5.69 Å². The van der Waals surface area contributed by atoms with E-state index in [-0.39, 0.29) is 22.4 Å². The van der Waals surface area contributed by atoms with E-state index in [1.54, 1.807) is 6.07 Å². The van der Waals surface area contributed by atoms with Gasteiger partial charge in [0.1, 0.15) is 5.52 Å². The normalized spacial score (nSPS) is 10.9. The van der Waals surface area contributed by atoms with Crippen LogP contribution in [-0.4, -0.2) is 16.1 Å². The van der Waals surface area contributed by atoms with Crippen LogP contribution in [0.1, 0.15) is 15.9 Å². The smallest absolute Gasteiger partial charge is 0.338 e. The average Bonchev–Trinajstić information content (AvgIpc) is 2.92. The molecular weight excluding hydrogens is 402 g/mol. The molecule has 7 heteroatoms. The lowest BCUT2D eigenvalue weighted by molar-refractivity contribution is 0.0697. The topological polar surface area (TPSA) is 75.4 Å². The SMILES string of the molecule is Cc1cc(I)ccc1Nc1c(C(=O)O)cc2ncoc2c1F. The predicted molar refractivity (Wildman–Crippen MR) is 88.1 cm³/mol. The summed E-state index contributed by atoms with van der Waals surface area (Å²) in [7, 11) is 0. The summed E-state index contributed by atoms with van der Waals surface area (Å²) in [6, 6.07) is 6.82. The highest BCUT2D eigenvalue weighted by atomic mass is 127. The van der Waals surface area contributed by atoms with Crippen LogP contribution in [0.25, 0.3) is 11.1 Å². The number of carboxylic acids is 1. The van der Waals surface area contributed by atoms with Crippen LogP contribution in [0.5, 0.6) is 0 Å². The number of aromatic carboxylic acids is 1. The standard InChI is InChI=1S/C15H10FIN2O3/c1-7-4-8(17)2-3-10(7)19-13-9(15(20)21)5-11-14(12(13)16)22-6-18-11/h2-6,19H,1H3,(H,20,21). The Bertz CT molecular complexity index is 892. The first-order valence-corrected chi connectivity index (χ1v) is 7.37. The maximum atomic E-state index is 14.6. The monoisotopic (exact) mass is 412 g/mol. The summed E-state index contributed by atoms with van der Waals surface area (Å²) in [5.41, 5.74) is 1.26. The molecule has 1 aromatic heterocycles. The van der Waals surface area contributed by atoms with Crippen molar-refractivity contribution in [3.05, 3.63) is 51.2 Å². The van der Waals surface area contributed by atoms with Crippen molar-refractivity contribution in [3.63, 3.8) is 0 Å². The third kappa shape index (κ3) is 2.52. The van der Waals surface area contributed by atoms with Gasteiger partial charge in [0.25, 0.3) is 0 Å². The van der Waals surface area contributed by atoms with Crippen LogP contribution >= 0.6 is 22.6 Å². The highest BCUT2D eigenvalue weighted by Gasteiger charge is 2.21. The Morgan fingerprint density at radius 2 is 2.18 bits per heavy atom. The van der Waals surface area contributed by atoms with Crippen LogP contribution in [0.2, 0.25) is 0 Å². The van der Waals surface area contributed by atoms with Gasteiger partial charge in [0, 0.05) is 9.26 Å². The number of nitrogens with one attached hydrogen (secondary N) is 1. The fourth-order valence-electron chi connectivity index (χ4n) is 2.16. The number of carbonyl (C=O) groups is 1. The van der Waals surface area contributed by atoms with Crippen molar-refractivity contribution < 1.29 is 18.7 Å². The summed E-state index contributed by atoms with van der Waals surface area (Å²) in [4.78, 5) is 15.2. The zero-order chi connectivity index (χ0) is 15.9. The van der Waals surface area contributed by atoms with Gasteiger partial charge in [-0.15, -0.1) is 0 Å². The number of benzene rings is 2. The van der Waals surface area contributed by atoms with E-state index in [2.05, 4.69) is 32.9 Å². The molecule has 3 rings (SSSR count). The molecule has 0 fully saturated rings. The fourth-order valence-corrected chi connectivity index (χ4v) is 2.80. The lowest BCUT2D eigenvalue weighted by Gasteiger charge is -2.13. The molecule has 5 nitrogen and oxygen atoms in total. The van der Waals surface area contributed by atoms with Gasteiger partial charge in [-0.1, -0.05) is 0 Å². The molecule has 3 aromatic rings. The van der Waals surface area contributed by atoms with E-state index in [1.807, 2.05) is 19.1 Å². The van der Waals surface area contributed by atoms with Gasteiger partial charge in [-0.2, -0.15) is 0 Å². The molecule has 0 atom stereocenters. The maximum absolute atomic E-state index is 14.6. The van der Waals surface area contributed by atoms with Crippen LogP contribution in [-0.2, 0) is 0 Å². The molecule has 0 spiro atoms. The van der Waals surface area contributed by atoms with Crippen molar-refractivity contribution in [2.45, 2.75) is 6.92 Å². The number of oxazole rings is 1. The third-order valence-corrected chi connectivity index (χ3v) is 3.91. The largest absolute Gasteiger partial charge is 0.478 e. The second-order valence-corrected chi connectivity index (χ2v) is 5.95. The number of halogens is 2. The van der Waals surface area contributed by atoms with Crippen molar-refractivity contribution in [2.24, 2.45) is 0 Å². The number of anilines is 2. The summed E-state index contributed by atoms with van der Waals surface area (Å²) in [6.45, 7) is 1.86. The van der Waals surface area contributed by atoms with Crippen molar-refractivity contribution in [3.8, 4) is 0 Å². The number of hydrogen-bond acceptors (Lipinski definition) is 4. The second kappa shape index (κ2) is 5.56. The fraction of sp³-hybridized carbons (Fsp3) is 0.0667. The number of nitrogens with zero attached hydrogens (tertiary/aromatic N) is 1. The minimum absolute atomic E-state index is 0.0735. The molecule has 0 saturated carbocycles. The molecule has 2 N–H and O–H groups in total. The second-order valence-electron chi connectivity index (χ2n) is 4.70. The summed E-state index contributed by atoms with van der Waals surface area (Å²) in [5.74, 6) is -2.01. The number of fused-ring (bicyclic) bond motifs is 1. The molecule has 0 amide bonds. The van der Waals surface area contributed by atoms with Crippen molar-refractivity contribution >= 4 is 51.0 Å². The maximum Gasteiger partial charge on any atom is 0.338 e. The zero-order valence-electron chi connectivity index (χ0n) is 11.4. The minimum Gasteiger partial charge on any atom is -0.478 e. The molecular formula is C15H10FIN2O3. The number of hydrogen-bond donors (Lipinski definition) is 2. The molecule has 0 radical (unpaired) electrons. The predicted octanol–water partition coefficient (Wildman–Crippen LogP) is 4.32. The van der Waals surface area contributed by atoms with Gasteiger partial charge < -0.3 is 14.8 Å². The van der Waals surface area contributed by atoms with E-state index in [4.69, 9.17) is 4.42 Å². The summed E-state index contributed by atoms with van der Waals surface area (Å²) in [5, 5.41) is 12.2. The van der Waals surface area contributed by atoms with Crippen molar-refractivity contribution in [1.82, 2.24) is 4.98 Å². The molecule has 112 valence electrons. The van der Waals surface area contributed by atoms with Gasteiger partial charge in [-0.3, -0.25) is 0 Å². The Kier molecular flexibility index (Phi) is 3.73. The summed E-state index contributed by atoms with van der Waals surface area (Å²) in [6.07, 6.45) is 1.08. The van der Waals surface area contributed by atoms with Gasteiger partial charge in [-0.25, -0.2) is 14.2 Å². The summed E-state index contributed by atoms with van der Waals surface area (Å²) < 4.78 is 20.6. The van der Waals surface area contributed by atoms with Crippen LogP contribution in [0.3, 0.4) is 0 Å². The van der Waals surface area contributed by atoms with E-state index in [1.165, 1.54) is 6.07 Å². The van der Waals surface area contributed by atoms with Gasteiger partial charge in [0.2, 0.25) is 0 Å². The van der Waals surface area contributed by atoms with Crippen molar-refractivity contribution in [1.29, 1.82) is 0 Å². The molecule has 0 aliphatic carbocycles. The van der Waals surface area contributed by atoms with E-state index in [0.717, 1.165) is 15.5 Å².